The van der Waals surface area contributed by atoms with Gasteiger partial charge in [-0.1, -0.05) is 23.7 Å². The van der Waals surface area contributed by atoms with Gasteiger partial charge in [0.2, 0.25) is 0 Å². The standard InChI is InChI=1S/C16H15ClN4O/c1-19-15(11-4-2-5-12(17)8-11)9-14(18)16(22)21-13-6-3-7-20-10-13/h2-10H,18H2,1H3,(H,21,22). The number of hydrogen-bond acceptors (Lipinski definition) is 4. The van der Waals surface area contributed by atoms with Crippen molar-refractivity contribution >= 4 is 28.9 Å². The SMILES string of the molecule is CN=C(C=C(N)C(=O)Nc1cccnc1)c1cccc(Cl)c1. The van der Waals surface area contributed by atoms with E-state index in [1.807, 2.05) is 12.1 Å². The third kappa shape index (κ3) is 4.17. The van der Waals surface area contributed by atoms with Gasteiger partial charge in [0, 0.05) is 23.8 Å². The minimum absolute atomic E-state index is 0.0458. The van der Waals surface area contributed by atoms with E-state index in [1.165, 1.54) is 12.3 Å². The number of aromatic nitrogens is 1. The Morgan fingerprint density at radius 2 is 2.18 bits per heavy atom. The molecule has 1 aromatic heterocycles. The molecule has 0 atom stereocenters. The van der Waals surface area contributed by atoms with Gasteiger partial charge in [-0.3, -0.25) is 14.8 Å². The number of pyridine rings is 1. The summed E-state index contributed by atoms with van der Waals surface area (Å²) in [5.74, 6) is -0.420. The number of hydrogen-bond donors (Lipinski definition) is 2. The normalized spacial score (nSPS) is 12.1. The molecule has 1 amide bonds. The number of amides is 1. The van der Waals surface area contributed by atoms with E-state index in [2.05, 4.69) is 15.3 Å². The Bertz CT molecular complexity index is 726. The summed E-state index contributed by atoms with van der Waals surface area (Å²) in [6.07, 6.45) is 4.67. The second-order valence-electron chi connectivity index (χ2n) is 4.41. The molecular weight excluding hydrogens is 300 g/mol. The van der Waals surface area contributed by atoms with Gasteiger partial charge in [0.25, 0.3) is 5.91 Å². The summed E-state index contributed by atoms with van der Waals surface area (Å²) in [6, 6.07) is 10.6. The number of rotatable bonds is 4. The minimum Gasteiger partial charge on any atom is -0.394 e. The zero-order chi connectivity index (χ0) is 15.9. The average Bonchev–Trinajstić information content (AvgIpc) is 2.53. The highest BCUT2D eigenvalue weighted by molar-refractivity contribution is 6.31. The predicted octanol–water partition coefficient (Wildman–Crippen LogP) is 2.64. The number of anilines is 1. The summed E-state index contributed by atoms with van der Waals surface area (Å²) in [6.45, 7) is 0. The molecule has 22 heavy (non-hydrogen) atoms. The molecule has 0 unspecified atom stereocenters. The van der Waals surface area contributed by atoms with Gasteiger partial charge in [0.15, 0.2) is 0 Å². The molecule has 0 aliphatic rings. The van der Waals surface area contributed by atoms with Gasteiger partial charge in [0.05, 0.1) is 23.3 Å². The molecule has 112 valence electrons. The van der Waals surface area contributed by atoms with Crippen molar-refractivity contribution in [2.45, 2.75) is 0 Å². The Balaban J connectivity index is 2.17. The molecule has 1 aromatic carbocycles. The summed E-state index contributed by atoms with van der Waals surface area (Å²) < 4.78 is 0. The lowest BCUT2D eigenvalue weighted by molar-refractivity contribution is -0.112. The van der Waals surface area contributed by atoms with E-state index in [1.54, 1.807) is 37.5 Å². The van der Waals surface area contributed by atoms with Crippen molar-refractivity contribution in [2.75, 3.05) is 12.4 Å². The number of allylic oxidation sites excluding steroid dienone is 1. The molecule has 0 saturated heterocycles. The molecule has 3 N–H and O–H groups in total. The molecule has 0 saturated carbocycles. The van der Waals surface area contributed by atoms with E-state index in [4.69, 9.17) is 17.3 Å². The van der Waals surface area contributed by atoms with Crippen LogP contribution in [0.2, 0.25) is 5.02 Å². The Labute approximate surface area is 133 Å². The summed E-state index contributed by atoms with van der Waals surface area (Å²) in [7, 11) is 1.62. The van der Waals surface area contributed by atoms with Crippen LogP contribution in [0.3, 0.4) is 0 Å². The van der Waals surface area contributed by atoms with Crippen molar-refractivity contribution in [1.82, 2.24) is 4.98 Å². The molecule has 6 heteroatoms. The quantitative estimate of drug-likeness (QED) is 0.672. The number of nitrogens with two attached hydrogens (primary N) is 1. The predicted molar refractivity (Wildman–Crippen MR) is 89.1 cm³/mol. The smallest absolute Gasteiger partial charge is 0.271 e. The van der Waals surface area contributed by atoms with Gasteiger partial charge in [0.1, 0.15) is 0 Å². The number of halogens is 1. The van der Waals surface area contributed by atoms with Crippen molar-refractivity contribution in [3.05, 3.63) is 71.2 Å². The van der Waals surface area contributed by atoms with E-state index in [0.717, 1.165) is 5.56 Å². The third-order valence-electron chi connectivity index (χ3n) is 2.84. The highest BCUT2D eigenvalue weighted by Gasteiger charge is 2.08. The fraction of sp³-hybridized carbons (Fsp3) is 0.0625. The summed E-state index contributed by atoms with van der Waals surface area (Å²) in [5.41, 5.74) is 7.80. The second-order valence-corrected chi connectivity index (χ2v) is 4.85. The lowest BCUT2D eigenvalue weighted by Crippen LogP contribution is -2.21. The number of benzene rings is 1. The molecule has 2 aromatic rings. The maximum absolute atomic E-state index is 12.0. The topological polar surface area (TPSA) is 80.4 Å². The number of carbonyl (C=O) groups is 1. The van der Waals surface area contributed by atoms with Crippen molar-refractivity contribution in [3.8, 4) is 0 Å². The first-order valence-corrected chi connectivity index (χ1v) is 6.89. The minimum atomic E-state index is -0.420. The summed E-state index contributed by atoms with van der Waals surface area (Å²) in [5, 5.41) is 3.25. The van der Waals surface area contributed by atoms with Crippen LogP contribution in [0.4, 0.5) is 5.69 Å². The zero-order valence-electron chi connectivity index (χ0n) is 12.0. The molecule has 0 aliphatic heterocycles. The second kappa shape index (κ2) is 7.38. The number of nitrogens with zero attached hydrogens (tertiary/aromatic N) is 2. The zero-order valence-corrected chi connectivity index (χ0v) is 12.7. The average molecular weight is 315 g/mol. The summed E-state index contributed by atoms with van der Waals surface area (Å²) >= 11 is 5.96. The maximum atomic E-state index is 12.0. The summed E-state index contributed by atoms with van der Waals surface area (Å²) in [4.78, 5) is 20.1. The number of carbonyl (C=O) groups excluding carboxylic acids is 1. The van der Waals surface area contributed by atoms with E-state index in [-0.39, 0.29) is 5.70 Å². The van der Waals surface area contributed by atoms with E-state index in [9.17, 15) is 4.79 Å². The lowest BCUT2D eigenvalue weighted by Gasteiger charge is -2.06. The Hall–Kier alpha value is -2.66. The third-order valence-corrected chi connectivity index (χ3v) is 3.07. The molecule has 0 aliphatic carbocycles. The van der Waals surface area contributed by atoms with Crippen LogP contribution in [0.1, 0.15) is 5.56 Å². The van der Waals surface area contributed by atoms with Crippen LogP contribution in [-0.2, 0) is 4.79 Å². The van der Waals surface area contributed by atoms with Gasteiger partial charge in [-0.25, -0.2) is 0 Å². The van der Waals surface area contributed by atoms with Crippen LogP contribution in [0.15, 0.2) is 65.6 Å². The van der Waals surface area contributed by atoms with Gasteiger partial charge >= 0.3 is 0 Å². The highest BCUT2D eigenvalue weighted by atomic mass is 35.5. The molecule has 0 spiro atoms. The van der Waals surface area contributed by atoms with Crippen LogP contribution < -0.4 is 11.1 Å². The first kappa shape index (κ1) is 15.7. The molecule has 1 heterocycles. The van der Waals surface area contributed by atoms with E-state index >= 15 is 0 Å². The Kier molecular flexibility index (Phi) is 5.27. The Morgan fingerprint density at radius 1 is 1.36 bits per heavy atom. The molecular formula is C16H15ClN4O. The highest BCUT2D eigenvalue weighted by Crippen LogP contribution is 2.13. The number of aliphatic imine (C=N–C) groups is 1. The maximum Gasteiger partial charge on any atom is 0.271 e. The van der Waals surface area contributed by atoms with Crippen LogP contribution >= 0.6 is 11.6 Å². The van der Waals surface area contributed by atoms with Crippen LogP contribution in [-0.4, -0.2) is 23.7 Å². The van der Waals surface area contributed by atoms with Gasteiger partial charge < -0.3 is 11.1 Å². The van der Waals surface area contributed by atoms with Crippen LogP contribution in [0.5, 0.6) is 0 Å². The Morgan fingerprint density at radius 3 is 2.82 bits per heavy atom. The van der Waals surface area contributed by atoms with Gasteiger partial charge in [-0.2, -0.15) is 0 Å². The molecule has 2 rings (SSSR count). The van der Waals surface area contributed by atoms with Crippen molar-refractivity contribution in [2.24, 2.45) is 10.7 Å². The lowest BCUT2D eigenvalue weighted by atomic mass is 10.1. The van der Waals surface area contributed by atoms with Gasteiger partial charge in [-0.15, -0.1) is 0 Å². The van der Waals surface area contributed by atoms with Crippen LogP contribution in [0.25, 0.3) is 0 Å². The molecule has 5 nitrogen and oxygen atoms in total. The largest absolute Gasteiger partial charge is 0.394 e. The fourth-order valence-electron chi connectivity index (χ4n) is 1.78. The van der Waals surface area contributed by atoms with Crippen molar-refractivity contribution in [1.29, 1.82) is 0 Å². The first-order valence-electron chi connectivity index (χ1n) is 6.51. The van der Waals surface area contributed by atoms with Crippen molar-refractivity contribution < 1.29 is 4.79 Å². The molecule has 0 bridgehead atoms. The first-order chi connectivity index (χ1) is 10.6. The monoisotopic (exact) mass is 314 g/mol. The number of nitrogens with one attached hydrogen (secondary N) is 1. The van der Waals surface area contributed by atoms with Gasteiger partial charge in [-0.05, 0) is 30.3 Å². The van der Waals surface area contributed by atoms with E-state index < -0.39 is 5.91 Å². The molecule has 0 fully saturated rings. The van der Waals surface area contributed by atoms with Crippen molar-refractivity contribution in [3.63, 3.8) is 0 Å². The fourth-order valence-corrected chi connectivity index (χ4v) is 1.97. The van der Waals surface area contributed by atoms with E-state index in [0.29, 0.717) is 16.4 Å². The van der Waals surface area contributed by atoms with Crippen LogP contribution in [0, 0.1) is 0 Å². The molecule has 0 radical (unpaired) electrons.